The number of aromatic hydroxyl groups is 1. The Morgan fingerprint density at radius 1 is 0.974 bits per heavy atom. The van der Waals surface area contributed by atoms with Crippen molar-refractivity contribution >= 4 is 44.7 Å². The number of carbonyl (C=O) groups excluding carboxylic acids is 2. The molecule has 4 aromatic rings. The lowest BCUT2D eigenvalue weighted by molar-refractivity contribution is 0.0494. The number of hydrogen-bond acceptors (Lipinski definition) is 8. The fourth-order valence-electron chi connectivity index (χ4n) is 4.56. The van der Waals surface area contributed by atoms with Gasteiger partial charge in [0.25, 0.3) is 5.91 Å². The van der Waals surface area contributed by atoms with Gasteiger partial charge in [0, 0.05) is 29.9 Å². The van der Waals surface area contributed by atoms with Crippen LogP contribution in [0.5, 0.6) is 11.5 Å². The van der Waals surface area contributed by atoms with E-state index < -0.39 is 11.9 Å². The van der Waals surface area contributed by atoms with Crippen LogP contribution >= 0.6 is 0 Å². The van der Waals surface area contributed by atoms with Crippen LogP contribution in [0.3, 0.4) is 0 Å². The molecular formula is C30H36N4O5. The van der Waals surface area contributed by atoms with Crippen molar-refractivity contribution in [2.45, 2.75) is 39.0 Å². The van der Waals surface area contributed by atoms with Gasteiger partial charge in [-0.15, -0.1) is 0 Å². The summed E-state index contributed by atoms with van der Waals surface area (Å²) in [4.78, 5) is 37.7. The second kappa shape index (κ2) is 12.7. The minimum Gasteiger partial charge on any atom is -0.506 e. The van der Waals surface area contributed by atoms with Crippen LogP contribution in [-0.4, -0.2) is 72.8 Å². The zero-order valence-corrected chi connectivity index (χ0v) is 23.0. The molecule has 0 radical (unpaired) electrons. The van der Waals surface area contributed by atoms with E-state index in [1.165, 1.54) is 13.5 Å². The van der Waals surface area contributed by atoms with Crippen LogP contribution in [0.2, 0.25) is 0 Å². The van der Waals surface area contributed by atoms with Crippen LogP contribution in [-0.2, 0) is 4.74 Å². The maximum atomic E-state index is 13.3. The van der Waals surface area contributed by atoms with Gasteiger partial charge in [-0.2, -0.15) is 0 Å². The molecule has 2 N–H and O–H groups in total. The van der Waals surface area contributed by atoms with Gasteiger partial charge in [-0.05, 0) is 26.6 Å². The van der Waals surface area contributed by atoms with E-state index in [-0.39, 0.29) is 22.4 Å². The SMILES string of the molecule is CCCCCCCOC(=O)c1cc2nc3c(C(=O)NCCN(C)C)c(O)c4ccccc4c3nc2cc1OC. The number of carbonyl (C=O) groups is 2. The van der Waals surface area contributed by atoms with Crippen molar-refractivity contribution in [3.8, 4) is 11.5 Å². The molecule has 1 heterocycles. The third kappa shape index (κ3) is 6.20. The molecule has 0 aliphatic heterocycles. The summed E-state index contributed by atoms with van der Waals surface area (Å²) < 4.78 is 11.0. The predicted molar refractivity (Wildman–Crippen MR) is 153 cm³/mol. The Labute approximate surface area is 228 Å². The quantitative estimate of drug-likeness (QED) is 0.113. The van der Waals surface area contributed by atoms with Crippen molar-refractivity contribution < 1.29 is 24.2 Å². The van der Waals surface area contributed by atoms with E-state index in [1.54, 1.807) is 24.3 Å². The number of methoxy groups -OCH3 is 1. The van der Waals surface area contributed by atoms with Crippen LogP contribution in [0.1, 0.15) is 59.7 Å². The fraction of sp³-hybridized carbons (Fsp3) is 0.400. The first-order valence-corrected chi connectivity index (χ1v) is 13.4. The van der Waals surface area contributed by atoms with E-state index >= 15 is 0 Å². The van der Waals surface area contributed by atoms with E-state index in [9.17, 15) is 14.7 Å². The van der Waals surface area contributed by atoms with Gasteiger partial charge in [0.05, 0.1) is 30.3 Å². The highest BCUT2D eigenvalue weighted by molar-refractivity contribution is 6.19. The molecule has 206 valence electrons. The Morgan fingerprint density at radius 3 is 2.38 bits per heavy atom. The predicted octanol–water partition coefficient (Wildman–Crippen LogP) is 5.07. The first-order valence-electron chi connectivity index (χ1n) is 13.4. The van der Waals surface area contributed by atoms with Gasteiger partial charge in [0.15, 0.2) is 0 Å². The number of amides is 1. The highest BCUT2D eigenvalue weighted by Gasteiger charge is 2.23. The number of phenols is 1. The van der Waals surface area contributed by atoms with E-state index in [4.69, 9.17) is 19.4 Å². The van der Waals surface area contributed by atoms with Crippen LogP contribution in [0, 0.1) is 0 Å². The lowest BCUT2D eigenvalue weighted by Crippen LogP contribution is -2.31. The summed E-state index contributed by atoms with van der Waals surface area (Å²) in [5.41, 5.74) is 1.87. The number of benzene rings is 3. The van der Waals surface area contributed by atoms with Gasteiger partial charge in [-0.3, -0.25) is 4.79 Å². The third-order valence-corrected chi connectivity index (χ3v) is 6.67. The molecule has 9 nitrogen and oxygen atoms in total. The van der Waals surface area contributed by atoms with E-state index in [0.29, 0.717) is 52.8 Å². The first kappa shape index (κ1) is 28.0. The summed E-state index contributed by atoms with van der Waals surface area (Å²) in [6.07, 6.45) is 5.23. The zero-order valence-electron chi connectivity index (χ0n) is 23.0. The summed E-state index contributed by atoms with van der Waals surface area (Å²) in [5, 5.41) is 15.2. The summed E-state index contributed by atoms with van der Waals surface area (Å²) >= 11 is 0. The number of fused-ring (bicyclic) bond motifs is 4. The van der Waals surface area contributed by atoms with Crippen molar-refractivity contribution in [3.63, 3.8) is 0 Å². The number of rotatable bonds is 12. The molecule has 4 rings (SSSR count). The Kier molecular flexibility index (Phi) is 9.14. The Bertz CT molecular complexity index is 1500. The highest BCUT2D eigenvalue weighted by atomic mass is 16.5. The molecular weight excluding hydrogens is 496 g/mol. The van der Waals surface area contributed by atoms with E-state index in [0.717, 1.165) is 25.7 Å². The molecule has 0 aliphatic rings. The molecule has 0 fully saturated rings. The number of unbranched alkanes of at least 4 members (excludes halogenated alkanes) is 4. The van der Waals surface area contributed by atoms with Gasteiger partial charge in [-0.1, -0.05) is 56.9 Å². The van der Waals surface area contributed by atoms with Gasteiger partial charge in [0.2, 0.25) is 0 Å². The lowest BCUT2D eigenvalue weighted by atomic mass is 10.0. The van der Waals surface area contributed by atoms with Gasteiger partial charge in [0.1, 0.15) is 28.1 Å². The maximum Gasteiger partial charge on any atom is 0.341 e. The minimum atomic E-state index is -0.505. The standard InChI is InChI=1S/C30H36N4O5/c1-5-6-7-8-11-16-39-30(37)21-17-22-23(18-24(21)38-4)32-26-19-12-9-10-13-20(19)28(35)25(27(26)33-22)29(36)31-14-15-34(2)3/h9-10,12-13,17-18,35H,5-8,11,14-16H2,1-4H3,(H,31,36). The lowest BCUT2D eigenvalue weighted by Gasteiger charge is -2.15. The number of esters is 1. The summed E-state index contributed by atoms with van der Waals surface area (Å²) in [6.45, 7) is 3.51. The molecule has 0 spiro atoms. The van der Waals surface area contributed by atoms with Crippen molar-refractivity contribution in [3.05, 3.63) is 47.5 Å². The molecule has 0 aliphatic carbocycles. The normalized spacial score (nSPS) is 11.4. The molecule has 9 heteroatoms. The second-order valence-electron chi connectivity index (χ2n) is 9.84. The summed E-state index contributed by atoms with van der Waals surface area (Å²) in [7, 11) is 5.31. The van der Waals surface area contributed by atoms with E-state index in [2.05, 4.69) is 12.2 Å². The number of aromatic nitrogens is 2. The molecule has 3 aromatic carbocycles. The number of nitrogens with one attached hydrogen (secondary N) is 1. The van der Waals surface area contributed by atoms with Crippen LogP contribution < -0.4 is 10.1 Å². The zero-order chi connectivity index (χ0) is 27.9. The molecule has 0 saturated heterocycles. The van der Waals surface area contributed by atoms with Crippen LogP contribution in [0.25, 0.3) is 32.8 Å². The van der Waals surface area contributed by atoms with E-state index in [1.807, 2.05) is 31.1 Å². The molecule has 1 aromatic heterocycles. The third-order valence-electron chi connectivity index (χ3n) is 6.67. The summed E-state index contributed by atoms with van der Waals surface area (Å²) in [5.74, 6) is -0.786. The Hall–Kier alpha value is -3.98. The average Bonchev–Trinajstić information content (AvgIpc) is 2.93. The largest absolute Gasteiger partial charge is 0.506 e. The molecule has 1 amide bonds. The monoisotopic (exact) mass is 532 g/mol. The summed E-state index contributed by atoms with van der Waals surface area (Å²) in [6, 6.07) is 10.4. The van der Waals surface area contributed by atoms with Crippen molar-refractivity contribution in [2.75, 3.05) is 40.9 Å². The molecule has 0 bridgehead atoms. The highest BCUT2D eigenvalue weighted by Crippen LogP contribution is 2.37. The second-order valence-corrected chi connectivity index (χ2v) is 9.84. The topological polar surface area (TPSA) is 114 Å². The van der Waals surface area contributed by atoms with Crippen molar-refractivity contribution in [1.82, 2.24) is 20.2 Å². The number of nitrogens with zero attached hydrogens (tertiary/aromatic N) is 3. The Balaban J connectivity index is 1.78. The average molecular weight is 533 g/mol. The molecule has 39 heavy (non-hydrogen) atoms. The van der Waals surface area contributed by atoms with Gasteiger partial charge >= 0.3 is 5.97 Å². The number of likely N-dealkylation sites (N-methyl/N-ethyl adjacent to an activating group) is 1. The molecule has 0 atom stereocenters. The van der Waals surface area contributed by atoms with Crippen LogP contribution in [0.15, 0.2) is 36.4 Å². The number of hydrogen-bond donors (Lipinski definition) is 2. The fourth-order valence-corrected chi connectivity index (χ4v) is 4.56. The minimum absolute atomic E-state index is 0.0453. The first-order chi connectivity index (χ1) is 18.8. The van der Waals surface area contributed by atoms with Gasteiger partial charge in [-0.25, -0.2) is 14.8 Å². The van der Waals surface area contributed by atoms with Crippen molar-refractivity contribution in [1.29, 1.82) is 0 Å². The molecule has 0 saturated carbocycles. The number of phenolic OH excluding ortho intramolecular Hbond substituents is 1. The molecule has 0 unspecified atom stereocenters. The number of ether oxygens (including phenoxy) is 2. The Morgan fingerprint density at radius 2 is 1.67 bits per heavy atom. The maximum absolute atomic E-state index is 13.3. The van der Waals surface area contributed by atoms with Crippen LogP contribution in [0.4, 0.5) is 0 Å². The van der Waals surface area contributed by atoms with Gasteiger partial charge < -0.3 is 24.8 Å². The smallest absolute Gasteiger partial charge is 0.341 e. The van der Waals surface area contributed by atoms with Crippen molar-refractivity contribution in [2.24, 2.45) is 0 Å².